The third kappa shape index (κ3) is 4.05. The second-order valence-electron chi connectivity index (χ2n) is 2.94. The minimum atomic E-state index is -0.223. The predicted molar refractivity (Wildman–Crippen MR) is 61.5 cm³/mol. The van der Waals surface area contributed by atoms with Crippen LogP contribution in [0, 0.1) is 6.57 Å². The summed E-state index contributed by atoms with van der Waals surface area (Å²) in [6.45, 7) is 6.93. The minimum absolute atomic E-state index is 0.0943. The average Bonchev–Trinajstić information content (AvgIpc) is 2.27. The zero-order valence-electron chi connectivity index (χ0n) is 8.49. The van der Waals surface area contributed by atoms with Crippen molar-refractivity contribution >= 4 is 17.7 Å². The lowest BCUT2D eigenvalue weighted by molar-refractivity contribution is -0.119. The molecule has 0 saturated carbocycles. The molecule has 0 radical (unpaired) electrons. The summed E-state index contributed by atoms with van der Waals surface area (Å²) in [6, 6.07) is 7.98. The molecule has 0 aliphatic heterocycles. The zero-order valence-corrected chi connectivity index (χ0v) is 9.30. The molecule has 0 aliphatic carbocycles. The SMILES string of the molecule is [C-]#[N+]CC(=O)NCc1ccc(SC)cc1. The summed E-state index contributed by atoms with van der Waals surface area (Å²) < 4.78 is 0. The van der Waals surface area contributed by atoms with Gasteiger partial charge in [-0.3, -0.25) is 4.79 Å². The number of amides is 1. The van der Waals surface area contributed by atoms with E-state index in [1.807, 2.05) is 30.5 Å². The van der Waals surface area contributed by atoms with E-state index in [1.54, 1.807) is 11.8 Å². The Balaban J connectivity index is 2.45. The molecule has 4 heteroatoms. The first-order valence-corrected chi connectivity index (χ1v) is 5.71. The van der Waals surface area contributed by atoms with Crippen LogP contribution in [0.1, 0.15) is 5.56 Å². The molecule has 0 spiro atoms. The van der Waals surface area contributed by atoms with Gasteiger partial charge in [0, 0.05) is 11.4 Å². The summed E-state index contributed by atoms with van der Waals surface area (Å²) in [5.41, 5.74) is 1.05. The maximum atomic E-state index is 11.0. The Morgan fingerprint density at radius 2 is 2.13 bits per heavy atom. The summed E-state index contributed by atoms with van der Waals surface area (Å²) in [5, 5.41) is 2.68. The van der Waals surface area contributed by atoms with Gasteiger partial charge in [0.25, 0.3) is 12.5 Å². The lowest BCUT2D eigenvalue weighted by atomic mass is 10.2. The molecular formula is C11H12N2OS. The Morgan fingerprint density at radius 1 is 1.47 bits per heavy atom. The molecule has 0 atom stereocenters. The van der Waals surface area contributed by atoms with Gasteiger partial charge in [-0.1, -0.05) is 12.1 Å². The van der Waals surface area contributed by atoms with Gasteiger partial charge in [0.05, 0.1) is 0 Å². The molecule has 0 saturated heterocycles. The van der Waals surface area contributed by atoms with Gasteiger partial charge in [0.2, 0.25) is 0 Å². The van der Waals surface area contributed by atoms with Gasteiger partial charge in [0.1, 0.15) is 0 Å². The lowest BCUT2D eigenvalue weighted by Gasteiger charge is -2.02. The van der Waals surface area contributed by atoms with Crippen LogP contribution in [-0.4, -0.2) is 18.7 Å². The van der Waals surface area contributed by atoms with Crippen LogP contribution < -0.4 is 5.32 Å². The van der Waals surface area contributed by atoms with E-state index in [0.717, 1.165) is 5.56 Å². The van der Waals surface area contributed by atoms with Gasteiger partial charge in [-0.25, -0.2) is 6.57 Å². The molecule has 1 aromatic carbocycles. The van der Waals surface area contributed by atoms with Gasteiger partial charge in [-0.15, -0.1) is 11.8 Å². The van der Waals surface area contributed by atoms with Crippen molar-refractivity contribution in [2.45, 2.75) is 11.4 Å². The van der Waals surface area contributed by atoms with Crippen LogP contribution in [-0.2, 0) is 11.3 Å². The molecule has 0 unspecified atom stereocenters. The maximum Gasteiger partial charge on any atom is 0.300 e. The van der Waals surface area contributed by atoms with Crippen molar-refractivity contribution < 1.29 is 4.79 Å². The van der Waals surface area contributed by atoms with Gasteiger partial charge < -0.3 is 10.2 Å². The van der Waals surface area contributed by atoms with Crippen LogP contribution in [0.25, 0.3) is 4.85 Å². The number of thioether (sulfide) groups is 1. The van der Waals surface area contributed by atoms with E-state index in [-0.39, 0.29) is 12.5 Å². The molecule has 0 bridgehead atoms. The topological polar surface area (TPSA) is 33.5 Å². The normalized spacial score (nSPS) is 9.33. The molecule has 0 fully saturated rings. The van der Waals surface area contributed by atoms with E-state index in [1.165, 1.54) is 4.90 Å². The first-order valence-electron chi connectivity index (χ1n) is 4.49. The first-order chi connectivity index (χ1) is 7.26. The molecule has 1 amide bonds. The van der Waals surface area contributed by atoms with Crippen molar-refractivity contribution in [2.24, 2.45) is 0 Å². The Hall–Kier alpha value is -1.47. The Bertz CT molecular complexity index is 367. The molecule has 0 aromatic heterocycles. The van der Waals surface area contributed by atoms with E-state index < -0.39 is 0 Å². The summed E-state index contributed by atoms with van der Waals surface area (Å²) >= 11 is 1.68. The summed E-state index contributed by atoms with van der Waals surface area (Å²) in [5.74, 6) is -0.223. The number of nitrogens with one attached hydrogen (secondary N) is 1. The Labute approximate surface area is 93.7 Å². The highest BCUT2D eigenvalue weighted by Crippen LogP contribution is 2.14. The van der Waals surface area contributed by atoms with Crippen LogP contribution in [0.2, 0.25) is 0 Å². The zero-order chi connectivity index (χ0) is 11.1. The van der Waals surface area contributed by atoms with Crippen molar-refractivity contribution in [2.75, 3.05) is 12.8 Å². The van der Waals surface area contributed by atoms with Gasteiger partial charge in [-0.2, -0.15) is 0 Å². The maximum absolute atomic E-state index is 11.0. The largest absolute Gasteiger partial charge is 0.346 e. The van der Waals surface area contributed by atoms with Crippen LogP contribution in [0.3, 0.4) is 0 Å². The molecule has 3 nitrogen and oxygen atoms in total. The van der Waals surface area contributed by atoms with Crippen molar-refractivity contribution in [1.29, 1.82) is 0 Å². The molecule has 78 valence electrons. The number of hydrogen-bond acceptors (Lipinski definition) is 2. The third-order valence-electron chi connectivity index (χ3n) is 1.87. The third-order valence-corrected chi connectivity index (χ3v) is 2.61. The number of hydrogen-bond donors (Lipinski definition) is 1. The number of carbonyl (C=O) groups is 1. The van der Waals surface area contributed by atoms with E-state index in [4.69, 9.17) is 6.57 Å². The van der Waals surface area contributed by atoms with Crippen LogP contribution in [0.5, 0.6) is 0 Å². The Morgan fingerprint density at radius 3 is 2.67 bits per heavy atom. The molecule has 0 heterocycles. The number of nitrogens with zero attached hydrogens (tertiary/aromatic N) is 1. The van der Waals surface area contributed by atoms with E-state index in [2.05, 4.69) is 10.2 Å². The summed E-state index contributed by atoms with van der Waals surface area (Å²) in [4.78, 5) is 15.2. The summed E-state index contributed by atoms with van der Waals surface area (Å²) in [7, 11) is 0. The van der Waals surface area contributed by atoms with E-state index in [0.29, 0.717) is 6.54 Å². The molecule has 15 heavy (non-hydrogen) atoms. The highest BCUT2D eigenvalue weighted by atomic mass is 32.2. The number of benzene rings is 1. The van der Waals surface area contributed by atoms with Gasteiger partial charge >= 0.3 is 0 Å². The van der Waals surface area contributed by atoms with Crippen LogP contribution in [0.15, 0.2) is 29.2 Å². The second kappa shape index (κ2) is 6.10. The van der Waals surface area contributed by atoms with Crippen molar-refractivity contribution in [3.05, 3.63) is 41.2 Å². The van der Waals surface area contributed by atoms with Crippen LogP contribution >= 0.6 is 11.8 Å². The Kier molecular flexibility index (Phi) is 4.72. The van der Waals surface area contributed by atoms with E-state index >= 15 is 0 Å². The number of rotatable bonds is 4. The summed E-state index contributed by atoms with van der Waals surface area (Å²) in [6.07, 6.45) is 2.02. The highest BCUT2D eigenvalue weighted by molar-refractivity contribution is 7.98. The smallest absolute Gasteiger partial charge is 0.300 e. The second-order valence-corrected chi connectivity index (χ2v) is 3.82. The standard InChI is InChI=1S/C11H12N2OS/c1-12-8-11(14)13-7-9-3-5-10(15-2)6-4-9/h3-6H,7-8H2,2H3,(H,13,14). The molecule has 1 rings (SSSR count). The van der Waals surface area contributed by atoms with Crippen molar-refractivity contribution in [3.8, 4) is 0 Å². The monoisotopic (exact) mass is 220 g/mol. The quantitative estimate of drug-likeness (QED) is 0.621. The van der Waals surface area contributed by atoms with Crippen molar-refractivity contribution in [1.82, 2.24) is 5.32 Å². The van der Waals surface area contributed by atoms with E-state index in [9.17, 15) is 4.79 Å². The van der Waals surface area contributed by atoms with Gasteiger partial charge in [-0.05, 0) is 24.0 Å². The molecule has 1 aromatic rings. The predicted octanol–water partition coefficient (Wildman–Crippen LogP) is 1.94. The van der Waals surface area contributed by atoms with Crippen molar-refractivity contribution in [3.63, 3.8) is 0 Å². The molecule has 1 N–H and O–H groups in total. The highest BCUT2D eigenvalue weighted by Gasteiger charge is 2.02. The average molecular weight is 220 g/mol. The molecular weight excluding hydrogens is 208 g/mol. The first kappa shape index (κ1) is 11.6. The van der Waals surface area contributed by atoms with Crippen LogP contribution in [0.4, 0.5) is 0 Å². The fourth-order valence-electron chi connectivity index (χ4n) is 1.07. The molecule has 0 aliphatic rings. The fraction of sp³-hybridized carbons (Fsp3) is 0.273. The lowest BCUT2D eigenvalue weighted by Crippen LogP contribution is -2.24. The number of carbonyl (C=O) groups excluding carboxylic acids is 1. The fourth-order valence-corrected chi connectivity index (χ4v) is 1.48. The van der Waals surface area contributed by atoms with Gasteiger partial charge in [0.15, 0.2) is 0 Å². The minimum Gasteiger partial charge on any atom is -0.346 e.